The van der Waals surface area contributed by atoms with E-state index in [1.165, 1.54) is 55.3 Å². The van der Waals surface area contributed by atoms with E-state index in [1.807, 2.05) is 37.3 Å². The molecule has 9 N–H and O–H groups in total. The number of nitrogens with one attached hydrogen (secondary N) is 6. The van der Waals surface area contributed by atoms with Crippen molar-refractivity contribution >= 4 is 41.5 Å². The van der Waals surface area contributed by atoms with Crippen molar-refractivity contribution in [1.82, 2.24) is 36.8 Å². The van der Waals surface area contributed by atoms with Gasteiger partial charge in [-0.2, -0.15) is 0 Å². The minimum absolute atomic E-state index is 0.0141. The van der Waals surface area contributed by atoms with Crippen molar-refractivity contribution in [2.45, 2.75) is 108 Å². The molecule has 62 heavy (non-hydrogen) atoms. The van der Waals surface area contributed by atoms with Crippen LogP contribution in [-0.2, 0) is 48.0 Å². The van der Waals surface area contributed by atoms with Crippen molar-refractivity contribution in [3.8, 4) is 11.5 Å². The maximum Gasteiger partial charge on any atom is 0.326 e. The van der Waals surface area contributed by atoms with Gasteiger partial charge in [0.2, 0.25) is 29.5 Å². The first-order valence-corrected chi connectivity index (χ1v) is 20.9. The summed E-state index contributed by atoms with van der Waals surface area (Å²) in [6.45, 7) is 5.23. The summed E-state index contributed by atoms with van der Waals surface area (Å²) in [5.74, 6) is -4.84. The largest absolute Gasteiger partial charge is 0.508 e. The molecule has 0 aliphatic carbocycles. The number of hydrogen-bond donors (Lipinski definition) is 9. The lowest BCUT2D eigenvalue weighted by Gasteiger charge is -2.32. The van der Waals surface area contributed by atoms with Gasteiger partial charge in [0.1, 0.15) is 47.8 Å². The average Bonchev–Trinajstić information content (AvgIpc) is 3.25. The summed E-state index contributed by atoms with van der Waals surface area (Å²) in [5, 5.41) is 45.6. The van der Waals surface area contributed by atoms with Gasteiger partial charge < -0.3 is 52.1 Å². The Morgan fingerprint density at radius 2 is 1.39 bits per heavy atom. The van der Waals surface area contributed by atoms with Crippen LogP contribution in [0.4, 0.5) is 4.79 Å². The Balaban J connectivity index is 1.65. The number of phenols is 2. The summed E-state index contributed by atoms with van der Waals surface area (Å²) in [6, 6.07) is 13.2. The molecular formula is C45H59N7O10. The number of carboxylic acid groups (broad SMARTS) is 1. The molecule has 17 heteroatoms. The van der Waals surface area contributed by atoms with Crippen LogP contribution in [0.25, 0.3) is 0 Å². The van der Waals surface area contributed by atoms with Gasteiger partial charge in [0.25, 0.3) is 0 Å². The van der Waals surface area contributed by atoms with Crippen molar-refractivity contribution in [2.75, 3.05) is 13.6 Å². The molecular weight excluding hydrogens is 799 g/mol. The summed E-state index contributed by atoms with van der Waals surface area (Å²) < 4.78 is 0. The first-order valence-electron chi connectivity index (χ1n) is 20.9. The third-order valence-corrected chi connectivity index (χ3v) is 11.1. The van der Waals surface area contributed by atoms with Crippen molar-refractivity contribution in [3.05, 3.63) is 95.6 Å². The summed E-state index contributed by atoms with van der Waals surface area (Å²) >= 11 is 0. The maximum absolute atomic E-state index is 14.3. The highest BCUT2D eigenvalue weighted by atomic mass is 16.4. The summed E-state index contributed by atoms with van der Waals surface area (Å²) in [5.41, 5.74) is 2.06. The fourth-order valence-electron chi connectivity index (χ4n) is 6.92. The van der Waals surface area contributed by atoms with Crippen LogP contribution < -0.4 is 31.9 Å². The fraction of sp³-hybridized carbons (Fsp3) is 0.444. The smallest absolute Gasteiger partial charge is 0.326 e. The van der Waals surface area contributed by atoms with Crippen molar-refractivity contribution in [3.63, 3.8) is 0 Å². The number of nitrogens with zero attached hydrogens (tertiary/aromatic N) is 1. The van der Waals surface area contributed by atoms with Gasteiger partial charge >= 0.3 is 12.0 Å². The van der Waals surface area contributed by atoms with Gasteiger partial charge in [-0.25, -0.2) is 9.59 Å². The van der Waals surface area contributed by atoms with Crippen LogP contribution >= 0.6 is 0 Å². The van der Waals surface area contributed by atoms with E-state index in [0.717, 1.165) is 11.1 Å². The average molecular weight is 858 g/mol. The van der Waals surface area contributed by atoms with Gasteiger partial charge in [-0.15, -0.1) is 0 Å². The molecule has 0 radical (unpaired) electrons. The maximum atomic E-state index is 14.3. The van der Waals surface area contributed by atoms with Crippen molar-refractivity contribution in [1.29, 1.82) is 0 Å². The van der Waals surface area contributed by atoms with E-state index >= 15 is 0 Å². The molecule has 7 atom stereocenters. The second-order valence-corrected chi connectivity index (χ2v) is 15.7. The van der Waals surface area contributed by atoms with Gasteiger partial charge in [0.05, 0.1) is 0 Å². The van der Waals surface area contributed by atoms with Crippen molar-refractivity contribution < 1.29 is 48.9 Å². The monoisotopic (exact) mass is 857 g/mol. The molecule has 1 saturated heterocycles. The number of aryl methyl sites for hydroxylation is 1. The Hall–Kier alpha value is -6.65. The Kier molecular flexibility index (Phi) is 18.1. The molecule has 17 nitrogen and oxygen atoms in total. The van der Waals surface area contributed by atoms with E-state index in [1.54, 1.807) is 19.1 Å². The lowest BCUT2D eigenvalue weighted by Crippen LogP contribution is -2.60. The predicted octanol–water partition coefficient (Wildman–Crippen LogP) is 2.28. The number of aromatic hydroxyl groups is 2. The molecule has 0 aromatic heterocycles. The highest BCUT2D eigenvalue weighted by molar-refractivity contribution is 5.96. The molecule has 0 saturated carbocycles. The number of hydrogen-bond acceptors (Lipinski definition) is 9. The summed E-state index contributed by atoms with van der Waals surface area (Å²) in [7, 11) is 1.43. The summed E-state index contributed by atoms with van der Waals surface area (Å²) in [6.07, 6.45) is 1.49. The lowest BCUT2D eigenvalue weighted by molar-refractivity contribution is -0.142. The number of benzene rings is 3. The molecule has 0 bridgehead atoms. The number of carbonyl (C=O) groups excluding carboxylic acids is 6. The zero-order valence-corrected chi connectivity index (χ0v) is 35.6. The number of phenolic OH excluding ortho intramolecular Hbond substituents is 2. The fourth-order valence-corrected chi connectivity index (χ4v) is 6.92. The third-order valence-electron chi connectivity index (χ3n) is 11.1. The van der Waals surface area contributed by atoms with Crippen molar-refractivity contribution in [2.24, 2.45) is 5.92 Å². The van der Waals surface area contributed by atoms with Crippen LogP contribution in [0.1, 0.15) is 69.6 Å². The van der Waals surface area contributed by atoms with Crippen LogP contribution in [0.3, 0.4) is 0 Å². The van der Waals surface area contributed by atoms with E-state index in [9.17, 15) is 48.9 Å². The highest BCUT2D eigenvalue weighted by Gasteiger charge is 2.36. The van der Waals surface area contributed by atoms with Gasteiger partial charge in [-0.05, 0) is 85.9 Å². The van der Waals surface area contributed by atoms with Gasteiger partial charge in [0, 0.05) is 26.4 Å². The Labute approximate surface area is 361 Å². The molecule has 4 rings (SSSR count). The second kappa shape index (κ2) is 23.4. The van der Waals surface area contributed by atoms with E-state index in [2.05, 4.69) is 31.9 Å². The molecule has 0 unspecified atom stereocenters. The molecule has 7 amide bonds. The van der Waals surface area contributed by atoms with Crippen LogP contribution in [0.2, 0.25) is 0 Å². The summed E-state index contributed by atoms with van der Waals surface area (Å²) in [4.78, 5) is 96.7. The number of aliphatic carboxylic acids is 1. The molecule has 1 fully saturated rings. The Morgan fingerprint density at radius 1 is 0.774 bits per heavy atom. The van der Waals surface area contributed by atoms with E-state index in [4.69, 9.17) is 0 Å². The predicted molar refractivity (Wildman–Crippen MR) is 230 cm³/mol. The molecule has 1 aliphatic heterocycles. The zero-order valence-electron chi connectivity index (χ0n) is 35.6. The highest BCUT2D eigenvalue weighted by Crippen LogP contribution is 2.17. The number of rotatable bonds is 12. The lowest BCUT2D eigenvalue weighted by atomic mass is 9.96. The SMILES string of the molecule is CC[C@H](C)[C@@H]1NC(=O)[C@@H](NC(=O)N[C@@H](Cc2ccc(O)cc2)C(=O)O)CCCCNC(=O)[C@H](Cc2ccccc2)NC(=O)[C@H](C)N(C)C(=O)[C@@H](CCc2ccc(O)cc2)NC1=O. The standard InChI is InChI=1S/C45H59N7O10/c1-5-27(2)38-42(58)47-35(23-18-29-14-19-32(53)20-15-29)43(59)52(4)28(3)39(55)48-36(25-30-11-7-6-8-12-30)40(56)46-24-10-9-13-34(41(57)51-38)49-45(62)50-37(44(60)61)26-31-16-21-33(54)22-17-31/h6-8,11-12,14-17,19-22,27-28,34-38,53-54H,5,9-10,13,18,23-26H2,1-4H3,(H,46,56)(H,47,58)(H,48,55)(H,51,57)(H,60,61)(H2,49,50,62)/t27-,28-,34-,35+,36-,37-,38-/m0/s1. The normalized spacial score (nSPS) is 22.0. The Bertz CT molecular complexity index is 2000. The molecule has 1 heterocycles. The molecule has 3 aromatic carbocycles. The third kappa shape index (κ3) is 14.5. The molecule has 3 aromatic rings. The number of carbonyl (C=O) groups is 7. The first-order chi connectivity index (χ1) is 29.6. The number of likely N-dealkylation sites (N-methyl/N-ethyl adjacent to an activating group) is 1. The second-order valence-electron chi connectivity index (χ2n) is 15.7. The topological polar surface area (TPSA) is 256 Å². The van der Waals surface area contributed by atoms with Crippen LogP contribution in [0.15, 0.2) is 78.9 Å². The van der Waals surface area contributed by atoms with Crippen LogP contribution in [0.5, 0.6) is 11.5 Å². The quantitative estimate of drug-likeness (QED) is 0.129. The zero-order chi connectivity index (χ0) is 45.3. The first kappa shape index (κ1) is 48.0. The van der Waals surface area contributed by atoms with E-state index in [-0.39, 0.29) is 50.1 Å². The molecule has 334 valence electrons. The number of carboxylic acids is 1. The van der Waals surface area contributed by atoms with E-state index in [0.29, 0.717) is 24.8 Å². The minimum Gasteiger partial charge on any atom is -0.508 e. The Morgan fingerprint density at radius 3 is 2.00 bits per heavy atom. The van der Waals surface area contributed by atoms with E-state index < -0.39 is 83.7 Å². The molecule has 0 spiro atoms. The molecule has 1 aliphatic rings. The van der Waals surface area contributed by atoms with Crippen LogP contribution in [-0.4, -0.2) is 112 Å². The minimum atomic E-state index is -1.40. The van der Waals surface area contributed by atoms with Gasteiger partial charge in [-0.3, -0.25) is 24.0 Å². The number of urea groups is 1. The van der Waals surface area contributed by atoms with Gasteiger partial charge in [-0.1, -0.05) is 74.9 Å². The number of amides is 7. The van der Waals surface area contributed by atoms with Gasteiger partial charge in [0.15, 0.2) is 0 Å². The van der Waals surface area contributed by atoms with Crippen LogP contribution in [0, 0.1) is 5.92 Å².